The van der Waals surface area contributed by atoms with Crippen LogP contribution >= 0.6 is 11.3 Å². The number of benzene rings is 1. The van der Waals surface area contributed by atoms with Crippen molar-refractivity contribution in [2.24, 2.45) is 0 Å². The van der Waals surface area contributed by atoms with Gasteiger partial charge in [0.05, 0.1) is 12.0 Å². The van der Waals surface area contributed by atoms with E-state index in [2.05, 4.69) is 4.74 Å². The highest BCUT2D eigenvalue weighted by Gasteiger charge is 2.25. The van der Waals surface area contributed by atoms with Gasteiger partial charge in [0.15, 0.2) is 0 Å². The van der Waals surface area contributed by atoms with Crippen LogP contribution in [0, 0.1) is 10.1 Å². The Morgan fingerprint density at radius 3 is 2.40 bits per heavy atom. The van der Waals surface area contributed by atoms with Gasteiger partial charge in [-0.1, -0.05) is 0 Å². The molecular formula is C13H11N3O7S2. The number of nitro groups is 1. The molecule has 0 bridgehead atoms. The maximum Gasteiger partial charge on any atom is 0.349 e. The van der Waals surface area contributed by atoms with Gasteiger partial charge in [-0.3, -0.25) is 20.3 Å². The quantitative estimate of drug-likeness (QED) is 0.430. The number of non-ortho nitro benzene ring substituents is 1. The summed E-state index contributed by atoms with van der Waals surface area (Å²) in [7, 11) is -3.09. The minimum Gasteiger partial charge on any atom is -0.465 e. The van der Waals surface area contributed by atoms with Crippen LogP contribution in [0.25, 0.3) is 0 Å². The zero-order valence-electron chi connectivity index (χ0n) is 12.6. The van der Waals surface area contributed by atoms with E-state index >= 15 is 0 Å². The Bertz CT molecular complexity index is 919. The van der Waals surface area contributed by atoms with Crippen molar-refractivity contribution < 1.29 is 27.7 Å². The summed E-state index contributed by atoms with van der Waals surface area (Å²) in [5.74, 6) is -1.65. The summed E-state index contributed by atoms with van der Waals surface area (Å²) < 4.78 is 28.9. The van der Waals surface area contributed by atoms with E-state index in [9.17, 15) is 28.1 Å². The average molecular weight is 385 g/mol. The van der Waals surface area contributed by atoms with Crippen molar-refractivity contribution in [2.45, 2.75) is 4.90 Å². The number of nitrogens with one attached hydrogen (secondary N) is 2. The Morgan fingerprint density at radius 1 is 1.20 bits per heavy atom. The lowest BCUT2D eigenvalue weighted by molar-refractivity contribution is -0.384. The molecule has 0 radical (unpaired) electrons. The molecule has 0 fully saturated rings. The molecule has 0 aliphatic rings. The number of sulfonamides is 1. The van der Waals surface area contributed by atoms with Gasteiger partial charge in [0, 0.05) is 17.7 Å². The van der Waals surface area contributed by atoms with Crippen LogP contribution in [-0.4, -0.2) is 32.3 Å². The first-order chi connectivity index (χ1) is 11.8. The number of carbonyl (C=O) groups excluding carboxylic acids is 2. The van der Waals surface area contributed by atoms with Crippen LogP contribution in [0.3, 0.4) is 0 Å². The van der Waals surface area contributed by atoms with Crippen molar-refractivity contribution in [3.63, 3.8) is 0 Å². The molecule has 0 aliphatic heterocycles. The van der Waals surface area contributed by atoms with E-state index in [4.69, 9.17) is 0 Å². The number of hydrogen-bond donors (Lipinski definition) is 2. The first-order valence-corrected chi connectivity index (χ1v) is 8.85. The third kappa shape index (κ3) is 4.17. The topological polar surface area (TPSA) is 145 Å². The van der Waals surface area contributed by atoms with Crippen molar-refractivity contribution in [2.75, 3.05) is 7.11 Å². The molecule has 0 atom stereocenters. The monoisotopic (exact) mass is 385 g/mol. The second-order valence-corrected chi connectivity index (χ2v) is 7.04. The summed E-state index contributed by atoms with van der Waals surface area (Å²) in [5, 5.41) is 11.9. The summed E-state index contributed by atoms with van der Waals surface area (Å²) in [6, 6.07) is 5.76. The van der Waals surface area contributed by atoms with Gasteiger partial charge < -0.3 is 4.74 Å². The van der Waals surface area contributed by atoms with Crippen LogP contribution in [0.2, 0.25) is 0 Å². The largest absolute Gasteiger partial charge is 0.465 e. The van der Waals surface area contributed by atoms with Gasteiger partial charge in [0.1, 0.15) is 9.77 Å². The molecule has 0 spiro atoms. The molecule has 12 heteroatoms. The van der Waals surface area contributed by atoms with Crippen molar-refractivity contribution in [3.8, 4) is 0 Å². The SMILES string of the molecule is COC(=O)c1sccc1S(=O)(=O)NNC(=O)c1ccc([N+](=O)[O-])cc1. The van der Waals surface area contributed by atoms with Crippen LogP contribution in [-0.2, 0) is 14.8 Å². The lowest BCUT2D eigenvalue weighted by atomic mass is 10.2. The molecule has 132 valence electrons. The summed E-state index contributed by atoms with van der Waals surface area (Å²) in [6.07, 6.45) is 0. The van der Waals surface area contributed by atoms with Gasteiger partial charge in [0.2, 0.25) is 0 Å². The Morgan fingerprint density at radius 2 is 1.84 bits per heavy atom. The molecular weight excluding hydrogens is 374 g/mol. The molecule has 0 aliphatic carbocycles. The zero-order chi connectivity index (χ0) is 18.6. The molecule has 1 aromatic carbocycles. The Hall–Kier alpha value is -2.83. The molecule has 1 heterocycles. The van der Waals surface area contributed by atoms with Crippen LogP contribution in [0.1, 0.15) is 20.0 Å². The molecule has 2 aromatic rings. The predicted octanol–water partition coefficient (Wildman–Crippen LogP) is 1.07. The van der Waals surface area contributed by atoms with E-state index in [1.165, 1.54) is 23.6 Å². The number of hydrazine groups is 1. The highest BCUT2D eigenvalue weighted by atomic mass is 32.2. The van der Waals surface area contributed by atoms with Gasteiger partial charge in [-0.15, -0.1) is 16.2 Å². The van der Waals surface area contributed by atoms with Gasteiger partial charge >= 0.3 is 5.97 Å². The van der Waals surface area contributed by atoms with E-state index in [1.54, 1.807) is 0 Å². The Balaban J connectivity index is 2.12. The Labute approximate surface area is 145 Å². The normalized spacial score (nSPS) is 10.9. The number of amides is 1. The number of rotatable bonds is 6. The molecule has 2 N–H and O–H groups in total. The van der Waals surface area contributed by atoms with Crippen molar-refractivity contribution in [1.82, 2.24) is 10.3 Å². The summed E-state index contributed by atoms with van der Waals surface area (Å²) >= 11 is 0.874. The second-order valence-electron chi connectivity index (χ2n) is 4.47. The van der Waals surface area contributed by atoms with Crippen molar-refractivity contribution in [3.05, 3.63) is 56.3 Å². The smallest absolute Gasteiger partial charge is 0.349 e. The highest BCUT2D eigenvalue weighted by molar-refractivity contribution is 7.89. The fourth-order valence-electron chi connectivity index (χ4n) is 1.73. The molecule has 1 aromatic heterocycles. The van der Waals surface area contributed by atoms with Crippen LogP contribution < -0.4 is 10.3 Å². The van der Waals surface area contributed by atoms with E-state index < -0.39 is 26.8 Å². The van der Waals surface area contributed by atoms with Gasteiger partial charge in [-0.25, -0.2) is 13.2 Å². The summed E-state index contributed by atoms with van der Waals surface area (Å²) in [6.45, 7) is 0. The number of nitro benzene ring substituents is 1. The third-order valence-electron chi connectivity index (χ3n) is 2.93. The number of nitrogens with zero attached hydrogens (tertiary/aromatic N) is 1. The lowest BCUT2D eigenvalue weighted by Crippen LogP contribution is -2.41. The summed E-state index contributed by atoms with van der Waals surface area (Å²) in [4.78, 5) is 34.8. The first-order valence-electron chi connectivity index (χ1n) is 6.48. The second kappa shape index (κ2) is 7.38. The van der Waals surface area contributed by atoms with Crippen molar-refractivity contribution >= 4 is 38.9 Å². The predicted molar refractivity (Wildman–Crippen MR) is 86.5 cm³/mol. The Kier molecular flexibility index (Phi) is 5.46. The summed E-state index contributed by atoms with van der Waals surface area (Å²) in [5.41, 5.74) is 1.76. The highest BCUT2D eigenvalue weighted by Crippen LogP contribution is 2.22. The van der Waals surface area contributed by atoms with Gasteiger partial charge in [-0.05, 0) is 23.6 Å². The molecule has 0 saturated heterocycles. The maximum atomic E-state index is 12.2. The average Bonchev–Trinajstić information content (AvgIpc) is 3.10. The fourth-order valence-corrected chi connectivity index (χ4v) is 3.90. The molecule has 10 nitrogen and oxygen atoms in total. The molecule has 0 saturated carbocycles. The van der Waals surface area contributed by atoms with E-state index in [-0.39, 0.29) is 21.0 Å². The number of esters is 1. The standard InChI is InChI=1S/C13H11N3O7S2/c1-23-13(18)11-10(6-7-24-11)25(21,22)15-14-12(17)8-2-4-9(5-3-8)16(19)20/h2-7,15H,1H3,(H,14,17). The number of hydrogen-bond acceptors (Lipinski definition) is 8. The van der Waals surface area contributed by atoms with Crippen LogP contribution in [0.5, 0.6) is 0 Å². The van der Waals surface area contributed by atoms with Crippen LogP contribution in [0.15, 0.2) is 40.6 Å². The van der Waals surface area contributed by atoms with Crippen LogP contribution in [0.4, 0.5) is 5.69 Å². The van der Waals surface area contributed by atoms with E-state index in [0.29, 0.717) is 0 Å². The molecule has 0 unspecified atom stereocenters. The molecule has 2 rings (SSSR count). The zero-order valence-corrected chi connectivity index (χ0v) is 14.2. The van der Waals surface area contributed by atoms with Gasteiger partial charge in [-0.2, -0.15) is 0 Å². The number of methoxy groups -OCH3 is 1. The fraction of sp³-hybridized carbons (Fsp3) is 0.0769. The van der Waals surface area contributed by atoms with Gasteiger partial charge in [0.25, 0.3) is 21.6 Å². The lowest BCUT2D eigenvalue weighted by Gasteiger charge is -2.08. The first kappa shape index (κ1) is 18.5. The number of carbonyl (C=O) groups is 2. The molecule has 25 heavy (non-hydrogen) atoms. The third-order valence-corrected chi connectivity index (χ3v) is 5.24. The number of thiophene rings is 1. The van der Waals surface area contributed by atoms with E-state index in [1.807, 2.05) is 10.3 Å². The van der Waals surface area contributed by atoms with E-state index in [0.717, 1.165) is 30.6 Å². The molecule has 1 amide bonds. The number of ether oxygens (including phenoxy) is 1. The minimum absolute atomic E-state index is 0.00631. The minimum atomic E-state index is -4.21. The maximum absolute atomic E-state index is 12.2. The van der Waals surface area contributed by atoms with Crippen molar-refractivity contribution in [1.29, 1.82) is 0 Å².